The summed E-state index contributed by atoms with van der Waals surface area (Å²) in [6.45, 7) is 0.556. The van der Waals surface area contributed by atoms with Crippen molar-refractivity contribution in [3.8, 4) is 17.4 Å². The molecule has 1 aliphatic heterocycles. The van der Waals surface area contributed by atoms with Gasteiger partial charge in [0.05, 0.1) is 0 Å². The third-order valence-corrected chi connectivity index (χ3v) is 2.90. The normalized spacial score (nSPS) is 12.2. The second-order valence-corrected chi connectivity index (χ2v) is 4.49. The molecule has 0 unspecified atom stereocenters. The van der Waals surface area contributed by atoms with Crippen LogP contribution in [0.2, 0.25) is 0 Å². The maximum absolute atomic E-state index is 5.61. The summed E-state index contributed by atoms with van der Waals surface area (Å²) in [5, 5.41) is 0. The lowest BCUT2D eigenvalue weighted by Gasteiger charge is -2.08. The molecule has 0 amide bonds. The molecule has 1 aliphatic rings. The van der Waals surface area contributed by atoms with E-state index in [9.17, 15) is 0 Å². The van der Waals surface area contributed by atoms with Crippen LogP contribution in [0.25, 0.3) is 0 Å². The highest BCUT2D eigenvalue weighted by Gasteiger charge is 2.14. The van der Waals surface area contributed by atoms with Gasteiger partial charge >= 0.3 is 0 Å². The van der Waals surface area contributed by atoms with Crippen LogP contribution >= 0.6 is 12.2 Å². The van der Waals surface area contributed by atoms with Crippen LogP contribution in [0.3, 0.4) is 0 Å². The van der Waals surface area contributed by atoms with Gasteiger partial charge in [-0.05, 0) is 17.7 Å². The van der Waals surface area contributed by atoms with Gasteiger partial charge in [-0.3, -0.25) is 0 Å². The van der Waals surface area contributed by atoms with E-state index in [4.69, 9.17) is 32.2 Å². The number of thiocarbonyl (C=S) groups is 1. The number of fused-ring (bicyclic) bond motifs is 1. The highest BCUT2D eigenvalue weighted by Crippen LogP contribution is 2.32. The molecular formula is C13H11N3O3S. The number of nitrogens with two attached hydrogens (primary N) is 1. The number of benzene rings is 1. The summed E-state index contributed by atoms with van der Waals surface area (Å²) < 4.78 is 16.2. The van der Waals surface area contributed by atoms with E-state index in [2.05, 4.69) is 9.97 Å². The number of hydrogen-bond acceptors (Lipinski definition) is 6. The van der Waals surface area contributed by atoms with E-state index in [0.717, 1.165) is 11.3 Å². The molecule has 3 rings (SSSR count). The number of rotatable bonds is 4. The van der Waals surface area contributed by atoms with Crippen molar-refractivity contribution in [1.82, 2.24) is 9.97 Å². The van der Waals surface area contributed by atoms with Crippen LogP contribution in [0.4, 0.5) is 0 Å². The molecule has 6 nitrogen and oxygen atoms in total. The molecule has 2 heterocycles. The topological polar surface area (TPSA) is 79.5 Å². The van der Waals surface area contributed by atoms with E-state index in [1.165, 1.54) is 12.4 Å². The van der Waals surface area contributed by atoms with Crippen molar-refractivity contribution in [2.24, 2.45) is 5.73 Å². The van der Waals surface area contributed by atoms with E-state index in [1.807, 2.05) is 18.2 Å². The predicted molar refractivity (Wildman–Crippen MR) is 74.8 cm³/mol. The largest absolute Gasteiger partial charge is 0.471 e. The molecule has 2 aromatic rings. The third-order valence-electron chi connectivity index (χ3n) is 2.71. The molecule has 20 heavy (non-hydrogen) atoms. The van der Waals surface area contributed by atoms with Crippen molar-refractivity contribution in [2.45, 2.75) is 6.61 Å². The highest BCUT2D eigenvalue weighted by atomic mass is 32.1. The second kappa shape index (κ2) is 5.30. The Bertz CT molecular complexity index is 663. The van der Waals surface area contributed by atoms with Crippen LogP contribution in [-0.4, -0.2) is 21.7 Å². The first-order valence-corrected chi connectivity index (χ1v) is 6.27. The summed E-state index contributed by atoms with van der Waals surface area (Å²) in [4.78, 5) is 8.28. The van der Waals surface area contributed by atoms with Gasteiger partial charge in [0, 0.05) is 12.4 Å². The van der Waals surface area contributed by atoms with Gasteiger partial charge in [-0.25, -0.2) is 9.97 Å². The van der Waals surface area contributed by atoms with E-state index in [-0.39, 0.29) is 11.8 Å². The first-order valence-electron chi connectivity index (χ1n) is 5.86. The van der Waals surface area contributed by atoms with Crippen molar-refractivity contribution >= 4 is 17.2 Å². The van der Waals surface area contributed by atoms with Gasteiger partial charge in [-0.1, -0.05) is 18.3 Å². The number of hydrogen-bond donors (Lipinski definition) is 1. The molecule has 0 bridgehead atoms. The lowest BCUT2D eigenvalue weighted by molar-refractivity contribution is 0.174. The zero-order chi connectivity index (χ0) is 13.9. The molecule has 0 saturated carbocycles. The third kappa shape index (κ3) is 2.48. The molecule has 2 N–H and O–H groups in total. The molecule has 7 heteroatoms. The monoisotopic (exact) mass is 289 g/mol. The lowest BCUT2D eigenvalue weighted by atomic mass is 10.2. The van der Waals surface area contributed by atoms with Crippen LogP contribution in [0.15, 0.2) is 30.6 Å². The van der Waals surface area contributed by atoms with E-state index in [0.29, 0.717) is 23.9 Å². The average Bonchev–Trinajstić information content (AvgIpc) is 2.92. The van der Waals surface area contributed by atoms with Crippen molar-refractivity contribution in [3.63, 3.8) is 0 Å². The van der Waals surface area contributed by atoms with Gasteiger partial charge in [-0.15, -0.1) is 0 Å². The zero-order valence-corrected chi connectivity index (χ0v) is 11.2. The number of aromatic nitrogens is 2. The van der Waals surface area contributed by atoms with Gasteiger partial charge < -0.3 is 19.9 Å². The predicted octanol–water partition coefficient (Wildman–Crippen LogP) is 1.42. The summed E-state index contributed by atoms with van der Waals surface area (Å²) in [5.74, 6) is 1.76. The van der Waals surface area contributed by atoms with Gasteiger partial charge in [-0.2, -0.15) is 0 Å². The Morgan fingerprint density at radius 2 is 2.05 bits per heavy atom. The maximum atomic E-state index is 5.61. The first-order chi connectivity index (χ1) is 9.74. The second-order valence-electron chi connectivity index (χ2n) is 4.05. The Balaban J connectivity index is 1.75. The molecule has 0 atom stereocenters. The smallest absolute Gasteiger partial charge is 0.243 e. The first kappa shape index (κ1) is 12.6. The molecule has 0 fully saturated rings. The molecule has 0 radical (unpaired) electrons. The summed E-state index contributed by atoms with van der Waals surface area (Å²) >= 11 is 4.90. The highest BCUT2D eigenvalue weighted by molar-refractivity contribution is 7.80. The quantitative estimate of drug-likeness (QED) is 0.852. The lowest BCUT2D eigenvalue weighted by Crippen LogP contribution is -2.14. The van der Waals surface area contributed by atoms with Crippen molar-refractivity contribution < 1.29 is 14.2 Å². The molecule has 0 saturated heterocycles. The summed E-state index contributed by atoms with van der Waals surface area (Å²) in [7, 11) is 0. The van der Waals surface area contributed by atoms with Crippen LogP contribution in [0.5, 0.6) is 17.4 Å². The number of nitrogens with zero attached hydrogens (tertiary/aromatic N) is 2. The van der Waals surface area contributed by atoms with Gasteiger partial charge in [0.15, 0.2) is 17.2 Å². The average molecular weight is 289 g/mol. The summed E-state index contributed by atoms with van der Waals surface area (Å²) in [6, 6.07) is 5.59. The summed E-state index contributed by atoms with van der Waals surface area (Å²) in [5.41, 5.74) is 6.87. The van der Waals surface area contributed by atoms with Gasteiger partial charge in [0.1, 0.15) is 11.6 Å². The Kier molecular flexibility index (Phi) is 3.34. The molecule has 102 valence electrons. The fourth-order valence-corrected chi connectivity index (χ4v) is 1.92. The van der Waals surface area contributed by atoms with Crippen LogP contribution in [0, 0.1) is 0 Å². The van der Waals surface area contributed by atoms with E-state index < -0.39 is 0 Å². The molecule has 0 spiro atoms. The van der Waals surface area contributed by atoms with Crippen LogP contribution < -0.4 is 19.9 Å². The molecule has 1 aromatic heterocycles. The fraction of sp³-hybridized carbons (Fsp3) is 0.154. The van der Waals surface area contributed by atoms with Crippen LogP contribution in [0.1, 0.15) is 11.3 Å². The SMILES string of the molecule is NC(=S)c1nccnc1OCc1ccc2c(c1)OCO2. The maximum Gasteiger partial charge on any atom is 0.243 e. The minimum Gasteiger partial charge on any atom is -0.471 e. The molecule has 1 aromatic carbocycles. The number of ether oxygens (including phenoxy) is 3. The molecular weight excluding hydrogens is 278 g/mol. The Morgan fingerprint density at radius 1 is 1.25 bits per heavy atom. The molecule has 0 aliphatic carbocycles. The summed E-state index contributed by atoms with van der Waals surface area (Å²) in [6.07, 6.45) is 3.04. The van der Waals surface area contributed by atoms with Crippen molar-refractivity contribution in [3.05, 3.63) is 41.9 Å². The van der Waals surface area contributed by atoms with Crippen molar-refractivity contribution in [1.29, 1.82) is 0 Å². The minimum absolute atomic E-state index is 0.152. The van der Waals surface area contributed by atoms with Crippen LogP contribution in [-0.2, 0) is 6.61 Å². The minimum atomic E-state index is 0.152. The Labute approximate surface area is 120 Å². The van der Waals surface area contributed by atoms with Gasteiger partial charge in [0.2, 0.25) is 12.7 Å². The van der Waals surface area contributed by atoms with Gasteiger partial charge in [0.25, 0.3) is 0 Å². The Morgan fingerprint density at radius 3 is 2.90 bits per heavy atom. The van der Waals surface area contributed by atoms with E-state index in [1.54, 1.807) is 0 Å². The standard InChI is InChI=1S/C13H11N3O3S/c14-12(20)11-13(16-4-3-15-11)17-6-8-1-2-9-10(5-8)19-7-18-9/h1-5H,6-7H2,(H2,14,20). The van der Waals surface area contributed by atoms with Crippen molar-refractivity contribution in [2.75, 3.05) is 6.79 Å². The van der Waals surface area contributed by atoms with E-state index >= 15 is 0 Å². The zero-order valence-electron chi connectivity index (χ0n) is 10.4. The fourth-order valence-electron chi connectivity index (χ4n) is 1.78. The Hall–Kier alpha value is -2.41.